The van der Waals surface area contributed by atoms with E-state index in [2.05, 4.69) is 38.5 Å². The van der Waals surface area contributed by atoms with Gasteiger partial charge in [-0.05, 0) is 67.0 Å². The number of rotatable bonds is 4. The van der Waals surface area contributed by atoms with Crippen LogP contribution in [0.1, 0.15) is 25.3 Å². The van der Waals surface area contributed by atoms with Crippen LogP contribution in [0.3, 0.4) is 0 Å². The average Bonchev–Trinajstić information content (AvgIpc) is 3.17. The minimum Gasteiger partial charge on any atom is -0.374 e. The summed E-state index contributed by atoms with van der Waals surface area (Å²) >= 11 is 2.25. The van der Waals surface area contributed by atoms with Gasteiger partial charge >= 0.3 is 6.03 Å². The summed E-state index contributed by atoms with van der Waals surface area (Å²) in [5.41, 5.74) is 2.06. The number of nitrogens with one attached hydrogen (secondary N) is 3. The number of imide groups is 1. The maximum Gasteiger partial charge on any atom is 0.321 e. The normalized spacial score (nSPS) is 15.3. The zero-order valence-electron chi connectivity index (χ0n) is 11.5. The summed E-state index contributed by atoms with van der Waals surface area (Å²) in [4.78, 5) is 23.4. The predicted octanol–water partition coefficient (Wildman–Crippen LogP) is 2.39. The van der Waals surface area contributed by atoms with Gasteiger partial charge < -0.3 is 10.6 Å². The number of carbonyl (C=O) groups excluding carboxylic acids is 2. The van der Waals surface area contributed by atoms with Crippen molar-refractivity contribution in [2.45, 2.75) is 38.8 Å². The summed E-state index contributed by atoms with van der Waals surface area (Å²) in [6.45, 7) is 3.76. The van der Waals surface area contributed by atoms with Crippen molar-refractivity contribution in [1.82, 2.24) is 10.6 Å². The Labute approximate surface area is 132 Å². The molecule has 1 fully saturated rings. The first-order chi connectivity index (χ1) is 9.45. The van der Waals surface area contributed by atoms with E-state index < -0.39 is 12.1 Å². The minimum atomic E-state index is -0.474. The van der Waals surface area contributed by atoms with Gasteiger partial charge in [0.25, 0.3) is 0 Å². The molecule has 1 atom stereocenters. The van der Waals surface area contributed by atoms with E-state index in [0.29, 0.717) is 0 Å². The summed E-state index contributed by atoms with van der Waals surface area (Å²) in [6, 6.07) is 5.25. The van der Waals surface area contributed by atoms with Crippen molar-refractivity contribution in [2.24, 2.45) is 0 Å². The van der Waals surface area contributed by atoms with Crippen molar-refractivity contribution >= 4 is 40.2 Å². The van der Waals surface area contributed by atoms with Crippen LogP contribution in [0.2, 0.25) is 0 Å². The van der Waals surface area contributed by atoms with E-state index in [1.807, 2.05) is 25.1 Å². The van der Waals surface area contributed by atoms with E-state index >= 15 is 0 Å². The van der Waals surface area contributed by atoms with E-state index in [4.69, 9.17) is 0 Å². The minimum absolute atomic E-state index is 0.241. The molecule has 1 aromatic rings. The summed E-state index contributed by atoms with van der Waals surface area (Å²) in [7, 11) is 0. The van der Waals surface area contributed by atoms with E-state index in [1.165, 1.54) is 5.56 Å². The van der Waals surface area contributed by atoms with E-state index in [0.717, 1.165) is 22.1 Å². The Hall–Kier alpha value is -1.31. The van der Waals surface area contributed by atoms with Gasteiger partial charge in [-0.1, -0.05) is 6.07 Å². The van der Waals surface area contributed by atoms with Gasteiger partial charge in [0, 0.05) is 15.3 Å². The Bertz CT molecular complexity index is 529. The third-order valence-corrected chi connectivity index (χ3v) is 4.26. The van der Waals surface area contributed by atoms with Gasteiger partial charge in [0.05, 0.1) is 0 Å². The first-order valence-electron chi connectivity index (χ1n) is 6.60. The summed E-state index contributed by atoms with van der Waals surface area (Å²) in [5, 5.41) is 8.15. The lowest BCUT2D eigenvalue weighted by molar-refractivity contribution is -0.120. The zero-order valence-corrected chi connectivity index (χ0v) is 13.7. The van der Waals surface area contributed by atoms with Gasteiger partial charge in [-0.25, -0.2) is 4.79 Å². The van der Waals surface area contributed by atoms with Crippen LogP contribution in [0.4, 0.5) is 10.5 Å². The van der Waals surface area contributed by atoms with Crippen molar-refractivity contribution < 1.29 is 9.59 Å². The fourth-order valence-electron chi connectivity index (χ4n) is 1.67. The predicted molar refractivity (Wildman–Crippen MR) is 86.7 cm³/mol. The third kappa shape index (κ3) is 4.36. The molecule has 0 heterocycles. The van der Waals surface area contributed by atoms with Gasteiger partial charge in [-0.2, -0.15) is 0 Å². The molecule has 0 bridgehead atoms. The van der Waals surface area contributed by atoms with Crippen LogP contribution >= 0.6 is 22.6 Å². The lowest BCUT2D eigenvalue weighted by Crippen LogP contribution is -2.46. The fourth-order valence-corrected chi connectivity index (χ4v) is 2.18. The molecule has 0 aliphatic heterocycles. The summed E-state index contributed by atoms with van der Waals surface area (Å²) in [6.07, 6.45) is 1.99. The van der Waals surface area contributed by atoms with Crippen molar-refractivity contribution in [2.75, 3.05) is 5.32 Å². The SMILES string of the molecule is Cc1ccc(NC(C)C(=O)NC(=O)NC2CC2)cc1I. The highest BCUT2D eigenvalue weighted by molar-refractivity contribution is 14.1. The maximum absolute atomic E-state index is 11.9. The number of amides is 3. The number of aryl methyl sites for hydroxylation is 1. The highest BCUT2D eigenvalue weighted by atomic mass is 127. The quantitative estimate of drug-likeness (QED) is 0.695. The van der Waals surface area contributed by atoms with E-state index in [-0.39, 0.29) is 11.9 Å². The zero-order chi connectivity index (χ0) is 14.7. The molecule has 0 aromatic heterocycles. The van der Waals surface area contributed by atoms with Gasteiger partial charge in [0.15, 0.2) is 0 Å². The van der Waals surface area contributed by atoms with Crippen molar-refractivity contribution in [1.29, 1.82) is 0 Å². The molecule has 1 aromatic carbocycles. The average molecular weight is 387 g/mol. The molecule has 3 N–H and O–H groups in total. The number of anilines is 1. The van der Waals surface area contributed by atoms with Crippen molar-refractivity contribution in [3.63, 3.8) is 0 Å². The third-order valence-electron chi connectivity index (χ3n) is 3.10. The molecular formula is C14H18IN3O2. The molecule has 108 valence electrons. The first-order valence-corrected chi connectivity index (χ1v) is 7.67. The van der Waals surface area contributed by atoms with Gasteiger partial charge in [0.1, 0.15) is 6.04 Å². The molecular weight excluding hydrogens is 369 g/mol. The van der Waals surface area contributed by atoms with E-state index in [9.17, 15) is 9.59 Å². The molecule has 1 unspecified atom stereocenters. The van der Waals surface area contributed by atoms with Gasteiger partial charge in [0.2, 0.25) is 5.91 Å². The highest BCUT2D eigenvalue weighted by Crippen LogP contribution is 2.19. The molecule has 1 aliphatic carbocycles. The molecule has 0 saturated heterocycles. The highest BCUT2D eigenvalue weighted by Gasteiger charge is 2.24. The van der Waals surface area contributed by atoms with Crippen LogP contribution in [-0.4, -0.2) is 24.0 Å². The Balaban J connectivity index is 1.86. The molecule has 2 rings (SSSR count). The maximum atomic E-state index is 11.9. The second kappa shape index (κ2) is 6.43. The Kier molecular flexibility index (Phi) is 4.85. The molecule has 1 saturated carbocycles. The first kappa shape index (κ1) is 15.1. The molecule has 3 amide bonds. The number of urea groups is 1. The van der Waals surface area contributed by atoms with Crippen LogP contribution in [0.25, 0.3) is 0 Å². The smallest absolute Gasteiger partial charge is 0.321 e. The molecule has 5 nitrogen and oxygen atoms in total. The van der Waals surface area contributed by atoms with Gasteiger partial charge in [-0.3, -0.25) is 10.1 Å². The number of benzene rings is 1. The van der Waals surface area contributed by atoms with Crippen LogP contribution < -0.4 is 16.0 Å². The van der Waals surface area contributed by atoms with Crippen LogP contribution in [-0.2, 0) is 4.79 Å². The Morgan fingerprint density at radius 3 is 2.65 bits per heavy atom. The van der Waals surface area contributed by atoms with E-state index in [1.54, 1.807) is 6.92 Å². The second-order valence-corrected chi connectivity index (χ2v) is 6.23. The number of halogens is 1. The van der Waals surface area contributed by atoms with Crippen molar-refractivity contribution in [3.8, 4) is 0 Å². The Morgan fingerprint density at radius 2 is 2.05 bits per heavy atom. The fraction of sp³-hybridized carbons (Fsp3) is 0.429. The van der Waals surface area contributed by atoms with Crippen molar-refractivity contribution in [3.05, 3.63) is 27.3 Å². The summed E-state index contributed by atoms with van der Waals surface area (Å²) < 4.78 is 1.13. The summed E-state index contributed by atoms with van der Waals surface area (Å²) in [5.74, 6) is -0.335. The van der Waals surface area contributed by atoms with Gasteiger partial charge in [-0.15, -0.1) is 0 Å². The largest absolute Gasteiger partial charge is 0.374 e. The lowest BCUT2D eigenvalue weighted by atomic mass is 10.2. The topological polar surface area (TPSA) is 70.2 Å². The van der Waals surface area contributed by atoms with Crippen LogP contribution in [0, 0.1) is 10.5 Å². The monoisotopic (exact) mass is 387 g/mol. The number of hydrogen-bond acceptors (Lipinski definition) is 3. The molecule has 0 spiro atoms. The molecule has 6 heteroatoms. The molecule has 20 heavy (non-hydrogen) atoms. The molecule has 0 radical (unpaired) electrons. The second-order valence-electron chi connectivity index (χ2n) is 5.07. The van der Waals surface area contributed by atoms with Crippen LogP contribution in [0.5, 0.6) is 0 Å². The standard InChI is InChI=1S/C14H18IN3O2/c1-8-3-4-11(7-12(8)15)16-9(2)13(19)18-14(20)17-10-5-6-10/h3-4,7,9-10,16H,5-6H2,1-2H3,(H2,17,18,19,20). The number of carbonyl (C=O) groups is 2. The number of hydrogen-bond donors (Lipinski definition) is 3. The lowest BCUT2D eigenvalue weighted by Gasteiger charge is -2.15. The molecule has 1 aliphatic rings. The Morgan fingerprint density at radius 1 is 1.35 bits per heavy atom. The van der Waals surface area contributed by atoms with Crippen LogP contribution in [0.15, 0.2) is 18.2 Å².